The van der Waals surface area contributed by atoms with Crippen molar-refractivity contribution in [2.75, 3.05) is 13.2 Å². The van der Waals surface area contributed by atoms with Crippen LogP contribution in [0.25, 0.3) is 0 Å². The molecule has 0 aliphatic rings. The highest BCUT2D eigenvalue weighted by molar-refractivity contribution is 7.89. The molecule has 0 aromatic heterocycles. The summed E-state index contributed by atoms with van der Waals surface area (Å²) in [5, 5.41) is 2.54. The summed E-state index contributed by atoms with van der Waals surface area (Å²) in [5.74, 6) is -0.970. The summed E-state index contributed by atoms with van der Waals surface area (Å²) in [6, 6.07) is 22.1. The summed E-state index contributed by atoms with van der Waals surface area (Å²) in [5.41, 5.74) is 3.11. The smallest absolute Gasteiger partial charge is 0.325 e. The molecule has 178 valence electrons. The van der Waals surface area contributed by atoms with Crippen molar-refractivity contribution in [3.8, 4) is 0 Å². The third-order valence-electron chi connectivity index (χ3n) is 5.17. The molecule has 0 saturated carbocycles. The Balaban J connectivity index is 1.57. The van der Waals surface area contributed by atoms with Gasteiger partial charge >= 0.3 is 5.97 Å². The highest BCUT2D eigenvalue weighted by Gasteiger charge is 2.22. The monoisotopic (exact) mass is 480 g/mol. The number of rotatable bonds is 10. The predicted molar refractivity (Wildman–Crippen MR) is 130 cm³/mol. The van der Waals surface area contributed by atoms with Gasteiger partial charge in [-0.25, -0.2) is 13.1 Å². The lowest BCUT2D eigenvalue weighted by Gasteiger charge is -2.19. The van der Waals surface area contributed by atoms with E-state index in [1.807, 2.05) is 50.2 Å². The lowest BCUT2D eigenvalue weighted by atomic mass is 10.1. The SMILES string of the molecule is Cc1ccc(S(=O)(=O)N[C@@H](CCOC(=O)CNC(=O)c2cccc(C)c2)c2ccccc2)cc1. The summed E-state index contributed by atoms with van der Waals surface area (Å²) < 4.78 is 33.7. The molecule has 0 unspecified atom stereocenters. The van der Waals surface area contributed by atoms with Gasteiger partial charge < -0.3 is 10.1 Å². The van der Waals surface area contributed by atoms with Gasteiger partial charge in [0.1, 0.15) is 6.54 Å². The van der Waals surface area contributed by atoms with E-state index in [0.29, 0.717) is 5.56 Å². The first-order valence-corrected chi connectivity index (χ1v) is 12.4. The van der Waals surface area contributed by atoms with Crippen molar-refractivity contribution in [2.45, 2.75) is 31.2 Å². The molecule has 0 aliphatic heterocycles. The van der Waals surface area contributed by atoms with Gasteiger partial charge in [0, 0.05) is 12.0 Å². The molecule has 0 bridgehead atoms. The first-order valence-electron chi connectivity index (χ1n) is 10.9. The Kier molecular flexibility index (Phi) is 8.56. The van der Waals surface area contributed by atoms with E-state index in [4.69, 9.17) is 4.74 Å². The van der Waals surface area contributed by atoms with Gasteiger partial charge in [-0.3, -0.25) is 9.59 Å². The van der Waals surface area contributed by atoms with Crippen molar-refractivity contribution < 1.29 is 22.7 Å². The number of carbonyl (C=O) groups is 2. The van der Waals surface area contributed by atoms with E-state index in [-0.39, 0.29) is 30.4 Å². The molecular formula is C26H28N2O5S. The van der Waals surface area contributed by atoms with E-state index in [1.165, 1.54) is 0 Å². The Morgan fingerprint density at radius 1 is 0.882 bits per heavy atom. The summed E-state index contributed by atoms with van der Waals surface area (Å²) in [6.45, 7) is 3.46. The number of hydrogen-bond acceptors (Lipinski definition) is 5. The van der Waals surface area contributed by atoms with Crippen LogP contribution in [0.2, 0.25) is 0 Å². The number of benzene rings is 3. The van der Waals surface area contributed by atoms with Gasteiger partial charge in [0.25, 0.3) is 5.91 Å². The second kappa shape index (κ2) is 11.6. The van der Waals surface area contributed by atoms with Gasteiger partial charge in [-0.1, -0.05) is 65.7 Å². The van der Waals surface area contributed by atoms with Crippen molar-refractivity contribution >= 4 is 21.9 Å². The van der Waals surface area contributed by atoms with Crippen LogP contribution in [-0.2, 0) is 19.6 Å². The van der Waals surface area contributed by atoms with E-state index in [1.54, 1.807) is 42.5 Å². The van der Waals surface area contributed by atoms with Gasteiger partial charge in [-0.05, 0) is 43.7 Å². The molecule has 34 heavy (non-hydrogen) atoms. The van der Waals surface area contributed by atoms with Crippen LogP contribution in [0.3, 0.4) is 0 Å². The topological polar surface area (TPSA) is 102 Å². The third kappa shape index (κ3) is 7.26. The minimum Gasteiger partial charge on any atom is -0.464 e. The second-order valence-corrected chi connectivity index (χ2v) is 9.67. The Morgan fingerprint density at radius 3 is 2.26 bits per heavy atom. The molecule has 8 heteroatoms. The molecule has 0 saturated heterocycles. The van der Waals surface area contributed by atoms with Gasteiger partial charge in [0.15, 0.2) is 0 Å². The van der Waals surface area contributed by atoms with E-state index in [0.717, 1.165) is 16.7 Å². The third-order valence-corrected chi connectivity index (χ3v) is 6.66. The van der Waals surface area contributed by atoms with Crippen molar-refractivity contribution in [1.29, 1.82) is 0 Å². The standard InChI is InChI=1S/C26H28N2O5S/c1-19-11-13-23(14-12-19)34(31,32)28-24(21-8-4-3-5-9-21)15-16-33-25(29)18-27-26(30)22-10-6-7-20(2)17-22/h3-14,17,24,28H,15-16,18H2,1-2H3,(H,27,30)/t24-/m0/s1. The number of amides is 1. The summed E-state index contributed by atoms with van der Waals surface area (Å²) in [7, 11) is -3.78. The normalized spacial score (nSPS) is 12.1. The Bertz CT molecular complexity index is 1230. The number of hydrogen-bond donors (Lipinski definition) is 2. The quantitative estimate of drug-likeness (QED) is 0.431. The fourth-order valence-electron chi connectivity index (χ4n) is 3.33. The molecule has 3 rings (SSSR count). The number of esters is 1. The largest absolute Gasteiger partial charge is 0.464 e. The first kappa shape index (κ1) is 25.1. The summed E-state index contributed by atoms with van der Waals surface area (Å²) in [6.07, 6.45) is 0.229. The average Bonchev–Trinajstić information content (AvgIpc) is 2.82. The molecule has 0 aliphatic carbocycles. The number of nitrogens with one attached hydrogen (secondary N) is 2. The molecule has 1 atom stereocenters. The molecule has 2 N–H and O–H groups in total. The van der Waals surface area contributed by atoms with Gasteiger partial charge in [-0.2, -0.15) is 0 Å². The maximum atomic E-state index is 12.9. The van der Waals surface area contributed by atoms with Crippen LogP contribution in [0.5, 0.6) is 0 Å². The highest BCUT2D eigenvalue weighted by Crippen LogP contribution is 2.21. The van der Waals surface area contributed by atoms with Crippen LogP contribution >= 0.6 is 0 Å². The van der Waals surface area contributed by atoms with Crippen LogP contribution in [0.1, 0.15) is 39.5 Å². The summed E-state index contributed by atoms with van der Waals surface area (Å²) in [4.78, 5) is 24.5. The Labute approximate surface area is 200 Å². The average molecular weight is 481 g/mol. The molecular weight excluding hydrogens is 452 g/mol. The summed E-state index contributed by atoms with van der Waals surface area (Å²) >= 11 is 0. The lowest BCUT2D eigenvalue weighted by Crippen LogP contribution is -2.32. The molecule has 3 aromatic rings. The molecule has 1 amide bonds. The molecule has 3 aromatic carbocycles. The molecule has 7 nitrogen and oxygen atoms in total. The van der Waals surface area contributed by atoms with E-state index in [9.17, 15) is 18.0 Å². The maximum absolute atomic E-state index is 12.9. The van der Waals surface area contributed by atoms with E-state index >= 15 is 0 Å². The number of ether oxygens (including phenoxy) is 1. The van der Waals surface area contributed by atoms with E-state index in [2.05, 4.69) is 10.0 Å². The van der Waals surface area contributed by atoms with Crippen molar-refractivity contribution in [3.05, 3.63) is 101 Å². The van der Waals surface area contributed by atoms with Crippen LogP contribution in [0.4, 0.5) is 0 Å². The Hall–Kier alpha value is -3.49. The number of sulfonamides is 1. The molecule has 0 heterocycles. The zero-order valence-electron chi connectivity index (χ0n) is 19.2. The zero-order valence-corrected chi connectivity index (χ0v) is 20.0. The van der Waals surface area contributed by atoms with Gasteiger partial charge in [0.2, 0.25) is 10.0 Å². The van der Waals surface area contributed by atoms with Crippen molar-refractivity contribution in [3.63, 3.8) is 0 Å². The lowest BCUT2D eigenvalue weighted by molar-refractivity contribution is -0.142. The predicted octanol–water partition coefficient (Wildman–Crippen LogP) is 3.69. The van der Waals surface area contributed by atoms with Crippen LogP contribution in [-0.4, -0.2) is 33.4 Å². The first-order chi connectivity index (χ1) is 16.2. The van der Waals surface area contributed by atoms with Crippen LogP contribution < -0.4 is 10.0 Å². The van der Waals surface area contributed by atoms with Crippen LogP contribution in [0, 0.1) is 13.8 Å². The van der Waals surface area contributed by atoms with Gasteiger partial charge in [-0.15, -0.1) is 0 Å². The maximum Gasteiger partial charge on any atom is 0.325 e. The van der Waals surface area contributed by atoms with Gasteiger partial charge in [0.05, 0.1) is 17.5 Å². The fourth-order valence-corrected chi connectivity index (χ4v) is 4.59. The molecule has 0 spiro atoms. The number of aryl methyl sites for hydroxylation is 2. The minimum atomic E-state index is -3.78. The minimum absolute atomic E-state index is 0.0187. The zero-order chi connectivity index (χ0) is 24.6. The molecule has 0 fully saturated rings. The Morgan fingerprint density at radius 2 is 1.59 bits per heavy atom. The second-order valence-electron chi connectivity index (χ2n) is 7.96. The number of carbonyl (C=O) groups excluding carboxylic acids is 2. The fraction of sp³-hybridized carbons (Fsp3) is 0.231. The van der Waals surface area contributed by atoms with Crippen molar-refractivity contribution in [1.82, 2.24) is 10.0 Å². The molecule has 0 radical (unpaired) electrons. The van der Waals surface area contributed by atoms with Crippen molar-refractivity contribution in [2.24, 2.45) is 0 Å². The van der Waals surface area contributed by atoms with E-state index < -0.39 is 22.0 Å². The van der Waals surface area contributed by atoms with Crippen LogP contribution in [0.15, 0.2) is 83.8 Å². The highest BCUT2D eigenvalue weighted by atomic mass is 32.2.